The Labute approximate surface area is 172 Å². The van der Waals surface area contributed by atoms with E-state index in [0.29, 0.717) is 22.5 Å². The lowest BCUT2D eigenvalue weighted by atomic mass is 10.1. The molecule has 3 N–H and O–H groups in total. The highest BCUT2D eigenvalue weighted by molar-refractivity contribution is 6.13. The van der Waals surface area contributed by atoms with Crippen LogP contribution >= 0.6 is 0 Å². The summed E-state index contributed by atoms with van der Waals surface area (Å²) in [6, 6.07) is 5.01. The Morgan fingerprint density at radius 3 is 2.77 bits per heavy atom. The molecule has 0 radical (unpaired) electrons. The number of nitrogens with zero attached hydrogens (tertiary/aromatic N) is 4. The number of hydrogen-bond acceptors (Lipinski definition) is 5. The first-order valence-electron chi connectivity index (χ1n) is 9.91. The second kappa shape index (κ2) is 7.10. The lowest BCUT2D eigenvalue weighted by Gasteiger charge is -2.29. The molecular weight excluding hydrogens is 385 g/mol. The van der Waals surface area contributed by atoms with Crippen LogP contribution in [0.1, 0.15) is 21.9 Å². The Morgan fingerprint density at radius 1 is 1.17 bits per heavy atom. The molecule has 8 nitrogen and oxygen atoms in total. The van der Waals surface area contributed by atoms with Gasteiger partial charge in [0.25, 0.3) is 5.91 Å². The van der Waals surface area contributed by atoms with Gasteiger partial charge in [-0.3, -0.25) is 4.79 Å². The van der Waals surface area contributed by atoms with Crippen molar-refractivity contribution in [2.24, 2.45) is 0 Å². The van der Waals surface area contributed by atoms with Crippen LogP contribution in [0.5, 0.6) is 0 Å². The number of anilines is 2. The molecule has 4 heterocycles. The number of imidazole rings is 2. The first-order valence-corrected chi connectivity index (χ1v) is 9.91. The molecule has 0 unspecified atom stereocenters. The summed E-state index contributed by atoms with van der Waals surface area (Å²) in [5.41, 5.74) is 4.22. The molecule has 0 bridgehead atoms. The van der Waals surface area contributed by atoms with E-state index in [0.717, 1.165) is 43.2 Å². The Hall–Kier alpha value is -3.46. The highest BCUT2D eigenvalue weighted by atomic mass is 19.1. The van der Waals surface area contributed by atoms with Crippen LogP contribution < -0.4 is 15.5 Å². The van der Waals surface area contributed by atoms with Gasteiger partial charge in [-0.2, -0.15) is 0 Å². The summed E-state index contributed by atoms with van der Waals surface area (Å²) in [6.45, 7) is 7.27. The van der Waals surface area contributed by atoms with Crippen molar-refractivity contribution >= 4 is 34.0 Å². The first kappa shape index (κ1) is 18.6. The van der Waals surface area contributed by atoms with Crippen LogP contribution in [-0.4, -0.2) is 51.4 Å². The van der Waals surface area contributed by atoms with E-state index in [1.165, 1.54) is 6.07 Å². The first-order chi connectivity index (χ1) is 14.5. The summed E-state index contributed by atoms with van der Waals surface area (Å²) in [4.78, 5) is 27.3. The van der Waals surface area contributed by atoms with Crippen LogP contribution in [0.25, 0.3) is 16.7 Å². The molecular formula is C21H22FN7O. The number of piperazine rings is 1. The second-order valence-corrected chi connectivity index (χ2v) is 7.56. The molecule has 30 heavy (non-hydrogen) atoms. The number of H-pyrrole nitrogens is 1. The van der Waals surface area contributed by atoms with E-state index in [4.69, 9.17) is 0 Å². The Kier molecular flexibility index (Phi) is 4.39. The fourth-order valence-electron chi connectivity index (χ4n) is 4.00. The Balaban J connectivity index is 1.51. The number of halogens is 1. The number of nitrogens with one attached hydrogen (secondary N) is 3. The quantitative estimate of drug-likeness (QED) is 0.486. The molecule has 1 aliphatic heterocycles. The summed E-state index contributed by atoms with van der Waals surface area (Å²) in [6.07, 6.45) is 3.37. The number of carbonyl (C=O) groups excluding carboxylic acids is 1. The zero-order chi connectivity index (χ0) is 20.8. The maximum atomic E-state index is 14.4. The van der Waals surface area contributed by atoms with Crippen molar-refractivity contribution in [2.75, 3.05) is 36.4 Å². The normalized spacial score (nSPS) is 14.6. The van der Waals surface area contributed by atoms with Crippen LogP contribution in [-0.2, 0) is 0 Å². The average molecular weight is 407 g/mol. The van der Waals surface area contributed by atoms with Gasteiger partial charge in [-0.25, -0.2) is 14.4 Å². The minimum atomic E-state index is -0.490. The molecule has 0 saturated carbocycles. The molecule has 1 aliphatic rings. The van der Waals surface area contributed by atoms with Crippen LogP contribution in [0.15, 0.2) is 30.6 Å². The zero-order valence-corrected chi connectivity index (χ0v) is 16.8. The van der Waals surface area contributed by atoms with E-state index >= 15 is 0 Å². The van der Waals surface area contributed by atoms with Gasteiger partial charge in [-0.05, 0) is 26.0 Å². The standard InChI is InChI=1S/C21H22FN7O/c1-12-10-29-11-14(9-16(22)20(29)24-12)27-21(30)15-3-4-17(28-7-5-23-6-8-28)19-18(15)25-13(2)26-19/h3-4,9-11,23H,5-8H2,1-2H3,(H,25,26)(H,27,30). The van der Waals surface area contributed by atoms with Gasteiger partial charge in [0, 0.05) is 44.6 Å². The number of rotatable bonds is 3. The molecule has 154 valence electrons. The van der Waals surface area contributed by atoms with E-state index in [1.54, 1.807) is 29.8 Å². The molecule has 5 rings (SSSR count). The van der Waals surface area contributed by atoms with Crippen molar-refractivity contribution in [3.63, 3.8) is 0 Å². The molecule has 1 amide bonds. The lowest BCUT2D eigenvalue weighted by Crippen LogP contribution is -2.43. The third-order valence-electron chi connectivity index (χ3n) is 5.33. The number of aromatic nitrogens is 4. The maximum absolute atomic E-state index is 14.4. The van der Waals surface area contributed by atoms with Crippen molar-refractivity contribution in [1.82, 2.24) is 24.7 Å². The van der Waals surface area contributed by atoms with Gasteiger partial charge in [0.05, 0.1) is 28.1 Å². The van der Waals surface area contributed by atoms with Crippen LogP contribution in [0.4, 0.5) is 15.8 Å². The summed E-state index contributed by atoms with van der Waals surface area (Å²) >= 11 is 0. The van der Waals surface area contributed by atoms with Gasteiger partial charge >= 0.3 is 0 Å². The summed E-state index contributed by atoms with van der Waals surface area (Å²) in [7, 11) is 0. The highest BCUT2D eigenvalue weighted by Gasteiger charge is 2.20. The van der Waals surface area contributed by atoms with Crippen molar-refractivity contribution < 1.29 is 9.18 Å². The van der Waals surface area contributed by atoms with E-state index in [-0.39, 0.29) is 11.6 Å². The van der Waals surface area contributed by atoms with Crippen molar-refractivity contribution in [1.29, 1.82) is 0 Å². The number of hydrogen-bond donors (Lipinski definition) is 3. The summed E-state index contributed by atoms with van der Waals surface area (Å²) in [5.74, 6) is -0.0901. The van der Waals surface area contributed by atoms with E-state index in [1.807, 2.05) is 13.0 Å². The van der Waals surface area contributed by atoms with E-state index in [2.05, 4.69) is 30.5 Å². The molecule has 4 aromatic rings. The predicted molar refractivity (Wildman–Crippen MR) is 114 cm³/mol. The molecule has 1 aromatic carbocycles. The lowest BCUT2D eigenvalue weighted by molar-refractivity contribution is 0.102. The van der Waals surface area contributed by atoms with Crippen molar-refractivity contribution in [3.05, 3.63) is 53.5 Å². The van der Waals surface area contributed by atoms with Gasteiger partial charge < -0.3 is 24.9 Å². The topological polar surface area (TPSA) is 90.3 Å². The SMILES string of the molecule is Cc1cn2cc(NC(=O)c3ccc(N4CCNCC4)c4[nH]c(C)nc34)cc(F)c2n1. The molecule has 1 fully saturated rings. The van der Waals surface area contributed by atoms with Crippen molar-refractivity contribution in [3.8, 4) is 0 Å². The van der Waals surface area contributed by atoms with Gasteiger partial charge in [0.15, 0.2) is 11.5 Å². The number of aromatic amines is 1. The third-order valence-corrected chi connectivity index (χ3v) is 5.33. The maximum Gasteiger partial charge on any atom is 0.257 e. The fourth-order valence-corrected chi connectivity index (χ4v) is 4.00. The molecule has 0 spiro atoms. The third kappa shape index (κ3) is 3.17. The van der Waals surface area contributed by atoms with Gasteiger partial charge in [0.1, 0.15) is 11.3 Å². The molecule has 1 saturated heterocycles. The van der Waals surface area contributed by atoms with E-state index in [9.17, 15) is 9.18 Å². The smallest absolute Gasteiger partial charge is 0.257 e. The van der Waals surface area contributed by atoms with Gasteiger partial charge in [0.2, 0.25) is 0 Å². The predicted octanol–water partition coefficient (Wildman–Crippen LogP) is 2.63. The van der Waals surface area contributed by atoms with Gasteiger partial charge in [-0.1, -0.05) is 0 Å². The summed E-state index contributed by atoms with van der Waals surface area (Å²) < 4.78 is 15.9. The minimum Gasteiger partial charge on any atom is -0.367 e. The zero-order valence-electron chi connectivity index (χ0n) is 16.8. The Bertz CT molecular complexity index is 1270. The average Bonchev–Trinajstić information content (AvgIpc) is 3.29. The molecule has 0 atom stereocenters. The number of fused-ring (bicyclic) bond motifs is 2. The second-order valence-electron chi connectivity index (χ2n) is 7.56. The van der Waals surface area contributed by atoms with E-state index < -0.39 is 5.82 Å². The molecule has 9 heteroatoms. The molecule has 3 aromatic heterocycles. The highest BCUT2D eigenvalue weighted by Crippen LogP contribution is 2.29. The van der Waals surface area contributed by atoms with Crippen LogP contribution in [0.2, 0.25) is 0 Å². The Morgan fingerprint density at radius 2 is 1.97 bits per heavy atom. The monoisotopic (exact) mass is 407 g/mol. The number of aryl methyl sites for hydroxylation is 2. The number of carbonyl (C=O) groups is 1. The fraction of sp³-hybridized carbons (Fsp3) is 0.286. The van der Waals surface area contributed by atoms with Gasteiger partial charge in [-0.15, -0.1) is 0 Å². The van der Waals surface area contributed by atoms with Crippen molar-refractivity contribution in [2.45, 2.75) is 13.8 Å². The minimum absolute atomic E-state index is 0.233. The van der Waals surface area contributed by atoms with Crippen LogP contribution in [0, 0.1) is 19.7 Å². The summed E-state index contributed by atoms with van der Waals surface area (Å²) in [5, 5.41) is 6.14. The number of pyridine rings is 1. The largest absolute Gasteiger partial charge is 0.367 e. The van der Waals surface area contributed by atoms with Crippen LogP contribution in [0.3, 0.4) is 0 Å². The number of benzene rings is 1. The molecule has 0 aliphatic carbocycles. The number of amides is 1.